The molecule has 0 N–H and O–H groups in total. The van der Waals surface area contributed by atoms with E-state index in [9.17, 15) is 0 Å². The summed E-state index contributed by atoms with van der Waals surface area (Å²) in [4.78, 5) is 16.2. The minimum Gasteiger partial charge on any atom is -0.208 e. The van der Waals surface area contributed by atoms with Gasteiger partial charge in [-0.2, -0.15) is 0 Å². The lowest BCUT2D eigenvalue weighted by Crippen LogP contribution is -2.14. The number of rotatable bonds is 6. The Morgan fingerprint density at radius 3 is 1.27 bits per heavy atom. The van der Waals surface area contributed by atoms with Gasteiger partial charge in [-0.05, 0) is 78.5 Å². The van der Waals surface area contributed by atoms with Crippen LogP contribution in [-0.2, 0) is 5.41 Å². The first kappa shape index (κ1) is 32.7. The summed E-state index contributed by atoms with van der Waals surface area (Å²) < 4.78 is 0. The van der Waals surface area contributed by atoms with E-state index in [1.165, 1.54) is 33.2 Å². The molecule has 260 valence electrons. The zero-order valence-corrected chi connectivity index (χ0v) is 30.7. The molecule has 0 amide bonds. The third-order valence-electron chi connectivity index (χ3n) is 11.2. The molecule has 55 heavy (non-hydrogen) atoms. The van der Waals surface area contributed by atoms with Crippen molar-refractivity contribution in [2.24, 2.45) is 0 Å². The van der Waals surface area contributed by atoms with E-state index in [1.54, 1.807) is 0 Å². The monoisotopic (exact) mass is 703 g/mol. The molecule has 3 heteroatoms. The first-order valence-corrected chi connectivity index (χ1v) is 18.9. The van der Waals surface area contributed by atoms with Gasteiger partial charge in [0.15, 0.2) is 17.5 Å². The Kier molecular flexibility index (Phi) is 7.81. The van der Waals surface area contributed by atoms with Gasteiger partial charge >= 0.3 is 0 Å². The zero-order valence-electron chi connectivity index (χ0n) is 30.7. The van der Waals surface area contributed by atoms with Crippen molar-refractivity contribution in [2.75, 3.05) is 0 Å². The highest BCUT2D eigenvalue weighted by Crippen LogP contribution is 2.53. The maximum Gasteiger partial charge on any atom is 0.164 e. The maximum atomic E-state index is 5.43. The Balaban J connectivity index is 1.28. The third kappa shape index (κ3) is 5.55. The van der Waals surface area contributed by atoms with E-state index < -0.39 is 0 Å². The van der Waals surface area contributed by atoms with Crippen LogP contribution >= 0.6 is 0 Å². The molecule has 0 bridgehead atoms. The highest BCUT2D eigenvalue weighted by molar-refractivity contribution is 6.01. The summed E-state index contributed by atoms with van der Waals surface area (Å²) in [6.45, 7) is 4.67. The molecule has 1 aliphatic carbocycles. The van der Waals surface area contributed by atoms with Gasteiger partial charge in [0.2, 0.25) is 0 Å². The van der Waals surface area contributed by atoms with Crippen molar-refractivity contribution in [2.45, 2.75) is 19.3 Å². The van der Waals surface area contributed by atoms with Crippen molar-refractivity contribution in [1.82, 2.24) is 15.0 Å². The van der Waals surface area contributed by atoms with E-state index >= 15 is 0 Å². The lowest BCUT2D eigenvalue weighted by molar-refractivity contribution is 0.660. The smallest absolute Gasteiger partial charge is 0.164 e. The molecular weight excluding hydrogens is 667 g/mol. The van der Waals surface area contributed by atoms with Crippen LogP contribution in [0.4, 0.5) is 0 Å². The van der Waals surface area contributed by atoms with Crippen LogP contribution in [0.3, 0.4) is 0 Å². The average Bonchev–Trinajstić information content (AvgIpc) is 3.49. The Labute approximate surface area is 321 Å². The molecule has 0 spiro atoms. The lowest BCUT2D eigenvalue weighted by Gasteiger charge is -2.22. The molecule has 8 aromatic carbocycles. The number of hydrogen-bond acceptors (Lipinski definition) is 3. The quantitative estimate of drug-likeness (QED) is 0.173. The molecule has 10 rings (SSSR count). The molecule has 1 aromatic heterocycles. The summed E-state index contributed by atoms with van der Waals surface area (Å²) in [6, 6.07) is 66.6. The molecule has 9 aromatic rings. The Bertz CT molecular complexity index is 2790. The zero-order chi connectivity index (χ0) is 36.9. The van der Waals surface area contributed by atoms with Gasteiger partial charge in [0, 0.05) is 22.1 Å². The SMILES string of the molecule is CC1(C)c2ccccc2-c2c(-c3cc4ccccc4cc3-c3nc(-c4ccccc4-c4ccccc4)nc(-c4ccccc4-c4ccccc4)n3)cccc21. The van der Waals surface area contributed by atoms with Crippen molar-refractivity contribution < 1.29 is 0 Å². The Morgan fingerprint density at radius 1 is 0.309 bits per heavy atom. The third-order valence-corrected chi connectivity index (χ3v) is 11.2. The number of aromatic nitrogens is 3. The van der Waals surface area contributed by atoms with E-state index in [2.05, 4.69) is 190 Å². The molecule has 1 heterocycles. The number of hydrogen-bond donors (Lipinski definition) is 0. The van der Waals surface area contributed by atoms with Crippen LogP contribution < -0.4 is 0 Å². The van der Waals surface area contributed by atoms with E-state index in [1.807, 2.05) is 12.1 Å². The highest BCUT2D eigenvalue weighted by atomic mass is 15.0. The molecule has 0 unspecified atom stereocenters. The second kappa shape index (κ2) is 13.2. The number of fused-ring (bicyclic) bond motifs is 4. The van der Waals surface area contributed by atoms with Crippen molar-refractivity contribution in [3.8, 4) is 78.7 Å². The van der Waals surface area contributed by atoms with Gasteiger partial charge in [-0.3, -0.25) is 0 Å². The minimum atomic E-state index is -0.130. The molecule has 0 saturated carbocycles. The van der Waals surface area contributed by atoms with Crippen LogP contribution in [0, 0.1) is 0 Å². The average molecular weight is 704 g/mol. The summed E-state index contributed by atoms with van der Waals surface area (Å²) in [5.74, 6) is 1.90. The van der Waals surface area contributed by atoms with Crippen LogP contribution in [0.25, 0.3) is 89.4 Å². The van der Waals surface area contributed by atoms with Crippen LogP contribution in [0.2, 0.25) is 0 Å². The second-order valence-electron chi connectivity index (χ2n) is 14.8. The molecule has 0 aliphatic heterocycles. The van der Waals surface area contributed by atoms with Crippen LogP contribution in [0.1, 0.15) is 25.0 Å². The summed E-state index contributed by atoms with van der Waals surface area (Å²) >= 11 is 0. The first-order chi connectivity index (χ1) is 27.0. The predicted octanol–water partition coefficient (Wildman–Crippen LogP) is 13.3. The van der Waals surface area contributed by atoms with Gasteiger partial charge in [0.05, 0.1) is 0 Å². The summed E-state index contributed by atoms with van der Waals surface area (Å²) in [5, 5.41) is 2.30. The van der Waals surface area contributed by atoms with Crippen molar-refractivity contribution >= 4 is 10.8 Å². The van der Waals surface area contributed by atoms with Gasteiger partial charge in [0.25, 0.3) is 0 Å². The molecule has 0 atom stereocenters. The van der Waals surface area contributed by atoms with E-state index in [4.69, 9.17) is 15.0 Å². The van der Waals surface area contributed by atoms with Crippen molar-refractivity contribution in [3.63, 3.8) is 0 Å². The summed E-state index contributed by atoms with van der Waals surface area (Å²) in [7, 11) is 0. The van der Waals surface area contributed by atoms with Crippen LogP contribution in [0.5, 0.6) is 0 Å². The molecule has 1 aliphatic rings. The van der Waals surface area contributed by atoms with Gasteiger partial charge in [-0.25, -0.2) is 15.0 Å². The predicted molar refractivity (Wildman–Crippen MR) is 228 cm³/mol. The summed E-state index contributed by atoms with van der Waals surface area (Å²) in [6.07, 6.45) is 0. The molecule has 0 radical (unpaired) electrons. The Morgan fingerprint density at radius 2 is 0.709 bits per heavy atom. The number of nitrogens with zero attached hydrogens (tertiary/aromatic N) is 3. The van der Waals surface area contributed by atoms with Gasteiger partial charge in [-0.15, -0.1) is 0 Å². The topological polar surface area (TPSA) is 38.7 Å². The molecule has 0 saturated heterocycles. The largest absolute Gasteiger partial charge is 0.208 e. The standard InChI is InChI=1S/C52H37N3/c1-52(2)46-30-16-15-28-43(46)48-40(29-17-31-47(48)52)44-32-36-22-9-10-23-37(36)33-45(44)51-54-49(41-26-13-11-24-38(41)34-18-5-3-6-19-34)53-50(55-51)42-27-14-12-25-39(42)35-20-7-4-8-21-35/h3-33H,1-2H3. The van der Waals surface area contributed by atoms with Crippen LogP contribution in [0.15, 0.2) is 188 Å². The fraction of sp³-hybridized carbons (Fsp3) is 0.0577. The van der Waals surface area contributed by atoms with Crippen LogP contribution in [-0.4, -0.2) is 15.0 Å². The molecule has 3 nitrogen and oxygen atoms in total. The maximum absolute atomic E-state index is 5.43. The fourth-order valence-corrected chi connectivity index (χ4v) is 8.46. The van der Waals surface area contributed by atoms with Gasteiger partial charge in [0.1, 0.15) is 0 Å². The minimum absolute atomic E-state index is 0.130. The normalized spacial score (nSPS) is 12.7. The first-order valence-electron chi connectivity index (χ1n) is 18.9. The van der Waals surface area contributed by atoms with Gasteiger partial charge in [-0.1, -0.05) is 190 Å². The second-order valence-corrected chi connectivity index (χ2v) is 14.8. The summed E-state index contributed by atoms with van der Waals surface area (Å²) in [5.41, 5.74) is 14.6. The van der Waals surface area contributed by atoms with Crippen molar-refractivity contribution in [3.05, 3.63) is 199 Å². The fourth-order valence-electron chi connectivity index (χ4n) is 8.46. The molecule has 0 fully saturated rings. The lowest BCUT2D eigenvalue weighted by atomic mass is 9.81. The number of benzene rings is 8. The van der Waals surface area contributed by atoms with E-state index in [0.717, 1.165) is 49.9 Å². The van der Waals surface area contributed by atoms with Gasteiger partial charge < -0.3 is 0 Å². The van der Waals surface area contributed by atoms with Crippen molar-refractivity contribution in [1.29, 1.82) is 0 Å². The molecular formula is C52H37N3. The van der Waals surface area contributed by atoms with E-state index in [-0.39, 0.29) is 5.41 Å². The Hall–Kier alpha value is -6.97. The van der Waals surface area contributed by atoms with E-state index in [0.29, 0.717) is 17.5 Å². The highest BCUT2D eigenvalue weighted by Gasteiger charge is 2.37.